The summed E-state index contributed by atoms with van der Waals surface area (Å²) in [4.78, 5) is 38.3. The van der Waals surface area contributed by atoms with Gasteiger partial charge in [-0.1, -0.05) is 6.07 Å². The molecular weight excluding hydrogens is 514 g/mol. The van der Waals surface area contributed by atoms with Gasteiger partial charge in [-0.3, -0.25) is 19.1 Å². The van der Waals surface area contributed by atoms with Gasteiger partial charge in [0.25, 0.3) is 0 Å². The van der Waals surface area contributed by atoms with Gasteiger partial charge in [0.1, 0.15) is 6.04 Å². The standard InChI is InChI=1S/C29H35N5O6/c1-17(29(37)30-12-14-34-13-6-11-31-34)32-23-10-8-20-21(16-24(23)36)22(33-18(2)35)9-7-19-15-25(38-3)27(39-4)28(40-5)26(19)20/h6,8,10-11,13,15-17,22H,7,9,12,14H2,1-5H3,(H,30,37)(H,32,36)(H,33,35)/t17-,22-/m0/s1. The summed E-state index contributed by atoms with van der Waals surface area (Å²) in [5, 5.41) is 13.0. The van der Waals surface area contributed by atoms with Crippen LogP contribution >= 0.6 is 0 Å². The number of ether oxygens (including phenoxy) is 3. The van der Waals surface area contributed by atoms with E-state index < -0.39 is 12.1 Å². The number of nitrogens with zero attached hydrogens (tertiary/aromatic N) is 2. The van der Waals surface area contributed by atoms with E-state index in [0.29, 0.717) is 54.3 Å². The molecule has 0 bridgehead atoms. The fourth-order valence-corrected chi connectivity index (χ4v) is 5.01. The SMILES string of the molecule is COc1cc2c(c(OC)c1OC)-c1ccc(N[C@@H](C)C(=O)NCCn3cccn3)c(=O)cc1[C@@H](NC(C)=O)CC2. The van der Waals surface area contributed by atoms with Crippen molar-refractivity contribution < 1.29 is 23.8 Å². The van der Waals surface area contributed by atoms with E-state index in [9.17, 15) is 14.4 Å². The van der Waals surface area contributed by atoms with Crippen molar-refractivity contribution in [2.75, 3.05) is 33.2 Å². The molecule has 2 amide bonds. The maximum absolute atomic E-state index is 13.5. The largest absolute Gasteiger partial charge is 0.493 e. The van der Waals surface area contributed by atoms with E-state index >= 15 is 0 Å². The molecule has 0 saturated carbocycles. The zero-order valence-electron chi connectivity index (χ0n) is 23.4. The summed E-state index contributed by atoms with van der Waals surface area (Å²) in [6.07, 6.45) is 4.65. The van der Waals surface area contributed by atoms with Crippen LogP contribution in [0.15, 0.2) is 47.5 Å². The number of carbonyl (C=O) groups excluding carboxylic acids is 2. The minimum atomic E-state index is -0.676. The zero-order valence-corrected chi connectivity index (χ0v) is 23.4. The number of hydrogen-bond donors (Lipinski definition) is 3. The Kier molecular flexibility index (Phi) is 8.93. The minimum absolute atomic E-state index is 0.207. The van der Waals surface area contributed by atoms with Crippen molar-refractivity contribution in [3.63, 3.8) is 0 Å². The summed E-state index contributed by atoms with van der Waals surface area (Å²) < 4.78 is 18.7. The fourth-order valence-electron chi connectivity index (χ4n) is 5.01. The Morgan fingerprint density at radius 1 is 1.12 bits per heavy atom. The van der Waals surface area contributed by atoms with Crippen LogP contribution in [-0.4, -0.2) is 55.5 Å². The second-order valence-corrected chi connectivity index (χ2v) is 9.52. The molecule has 0 aliphatic heterocycles. The molecule has 4 rings (SSSR count). The van der Waals surface area contributed by atoms with E-state index in [1.807, 2.05) is 24.4 Å². The third-order valence-electron chi connectivity index (χ3n) is 6.88. The van der Waals surface area contributed by atoms with Gasteiger partial charge in [0.2, 0.25) is 23.0 Å². The molecule has 1 aliphatic carbocycles. The summed E-state index contributed by atoms with van der Waals surface area (Å²) >= 11 is 0. The number of anilines is 1. The lowest BCUT2D eigenvalue weighted by atomic mass is 9.95. The lowest BCUT2D eigenvalue weighted by Gasteiger charge is -2.19. The molecule has 212 valence electrons. The van der Waals surface area contributed by atoms with E-state index in [2.05, 4.69) is 21.0 Å². The average molecular weight is 550 g/mol. The summed E-state index contributed by atoms with van der Waals surface area (Å²) in [6.45, 7) is 4.07. The third kappa shape index (κ3) is 6.03. The van der Waals surface area contributed by atoms with Gasteiger partial charge in [-0.05, 0) is 60.7 Å². The maximum atomic E-state index is 13.5. The van der Waals surface area contributed by atoms with Gasteiger partial charge in [0.05, 0.1) is 39.6 Å². The van der Waals surface area contributed by atoms with Gasteiger partial charge in [-0.25, -0.2) is 0 Å². The van der Waals surface area contributed by atoms with Crippen molar-refractivity contribution in [3.8, 4) is 28.4 Å². The first-order valence-corrected chi connectivity index (χ1v) is 13.1. The van der Waals surface area contributed by atoms with Crippen LogP contribution in [-0.2, 0) is 22.6 Å². The number of fused-ring (bicyclic) bond motifs is 3. The lowest BCUT2D eigenvalue weighted by Crippen LogP contribution is -2.39. The van der Waals surface area contributed by atoms with E-state index in [4.69, 9.17) is 14.2 Å². The Morgan fingerprint density at radius 3 is 2.55 bits per heavy atom. The first kappa shape index (κ1) is 28.5. The molecule has 11 heteroatoms. The van der Waals surface area contributed by atoms with Gasteiger partial charge in [0, 0.05) is 31.4 Å². The monoisotopic (exact) mass is 549 g/mol. The van der Waals surface area contributed by atoms with E-state index in [1.165, 1.54) is 20.1 Å². The summed E-state index contributed by atoms with van der Waals surface area (Å²) in [5.41, 5.74) is 3.00. The number of benzene rings is 1. The summed E-state index contributed by atoms with van der Waals surface area (Å²) in [7, 11) is 4.65. The van der Waals surface area contributed by atoms with Crippen molar-refractivity contribution in [3.05, 3.63) is 64.1 Å². The Labute approximate surface area is 232 Å². The fraction of sp³-hybridized carbons (Fsp3) is 0.379. The third-order valence-corrected chi connectivity index (χ3v) is 6.88. The second-order valence-electron chi connectivity index (χ2n) is 9.52. The molecule has 1 aliphatic rings. The maximum Gasteiger partial charge on any atom is 0.242 e. The Hall–Kier alpha value is -4.54. The topological polar surface area (TPSA) is 133 Å². The first-order valence-electron chi connectivity index (χ1n) is 13.1. The molecule has 2 aromatic carbocycles. The van der Waals surface area contributed by atoms with Gasteiger partial charge < -0.3 is 30.2 Å². The highest BCUT2D eigenvalue weighted by Gasteiger charge is 2.29. The average Bonchev–Trinajstić information content (AvgIpc) is 3.35. The highest BCUT2D eigenvalue weighted by atomic mass is 16.5. The van der Waals surface area contributed by atoms with Crippen LogP contribution < -0.4 is 35.6 Å². The number of rotatable bonds is 10. The van der Waals surface area contributed by atoms with Gasteiger partial charge in [0.15, 0.2) is 11.5 Å². The van der Waals surface area contributed by atoms with Gasteiger partial charge in [-0.15, -0.1) is 0 Å². The number of amides is 2. The number of hydrogen-bond acceptors (Lipinski definition) is 8. The molecule has 1 aromatic heterocycles. The van der Waals surface area contributed by atoms with Crippen LogP contribution in [0.1, 0.15) is 37.4 Å². The number of aromatic nitrogens is 2. The normalized spacial score (nSPS) is 14.6. The van der Waals surface area contributed by atoms with Crippen LogP contribution in [0.3, 0.4) is 0 Å². The van der Waals surface area contributed by atoms with E-state index in [0.717, 1.165) is 11.1 Å². The van der Waals surface area contributed by atoms with Crippen LogP contribution in [0.5, 0.6) is 17.2 Å². The highest BCUT2D eigenvalue weighted by molar-refractivity contribution is 5.85. The molecule has 0 fully saturated rings. The minimum Gasteiger partial charge on any atom is -0.493 e. The molecule has 3 aromatic rings. The van der Waals surface area contributed by atoms with Gasteiger partial charge >= 0.3 is 0 Å². The lowest BCUT2D eigenvalue weighted by molar-refractivity contribution is -0.121. The number of nitrogens with one attached hydrogen (secondary N) is 3. The molecule has 2 atom stereocenters. The number of methoxy groups -OCH3 is 3. The second kappa shape index (κ2) is 12.5. The van der Waals surface area contributed by atoms with E-state index in [1.54, 1.807) is 38.1 Å². The van der Waals surface area contributed by atoms with Gasteiger partial charge in [-0.2, -0.15) is 5.10 Å². The molecule has 0 saturated heterocycles. The Morgan fingerprint density at radius 2 is 1.90 bits per heavy atom. The predicted octanol–water partition coefficient (Wildman–Crippen LogP) is 2.68. The van der Waals surface area contributed by atoms with Crippen LogP contribution in [0.2, 0.25) is 0 Å². The van der Waals surface area contributed by atoms with Crippen molar-refractivity contribution in [2.24, 2.45) is 0 Å². The van der Waals surface area contributed by atoms with Crippen LogP contribution in [0.4, 0.5) is 5.69 Å². The van der Waals surface area contributed by atoms with E-state index in [-0.39, 0.29) is 22.9 Å². The Balaban J connectivity index is 1.73. The summed E-state index contributed by atoms with van der Waals surface area (Å²) in [6, 6.07) is 7.61. The number of aryl methyl sites for hydroxylation is 1. The zero-order chi connectivity index (χ0) is 28.8. The molecule has 0 radical (unpaired) electrons. The first-order chi connectivity index (χ1) is 19.3. The molecule has 11 nitrogen and oxygen atoms in total. The van der Waals surface area contributed by atoms with Crippen molar-refractivity contribution in [2.45, 2.75) is 45.3 Å². The smallest absolute Gasteiger partial charge is 0.242 e. The highest BCUT2D eigenvalue weighted by Crippen LogP contribution is 2.50. The molecular formula is C29H35N5O6. The predicted molar refractivity (Wildman–Crippen MR) is 151 cm³/mol. The molecule has 40 heavy (non-hydrogen) atoms. The van der Waals surface area contributed by atoms with Crippen LogP contribution in [0.25, 0.3) is 11.1 Å². The Bertz CT molecular complexity index is 1440. The number of carbonyl (C=O) groups is 2. The van der Waals surface area contributed by atoms with Crippen molar-refractivity contribution in [1.29, 1.82) is 0 Å². The van der Waals surface area contributed by atoms with Crippen LogP contribution in [0, 0.1) is 0 Å². The van der Waals surface area contributed by atoms with Crippen molar-refractivity contribution >= 4 is 17.5 Å². The van der Waals surface area contributed by atoms with Crippen molar-refractivity contribution in [1.82, 2.24) is 20.4 Å². The quantitative estimate of drug-likeness (QED) is 0.352. The molecule has 0 unspecified atom stereocenters. The molecule has 1 heterocycles. The molecule has 3 N–H and O–H groups in total. The molecule has 0 spiro atoms. The summed E-state index contributed by atoms with van der Waals surface area (Å²) in [5.74, 6) is 0.971.